The van der Waals surface area contributed by atoms with Crippen LogP contribution < -0.4 is 0 Å². The van der Waals surface area contributed by atoms with E-state index in [0.29, 0.717) is 0 Å². The van der Waals surface area contributed by atoms with Crippen LogP contribution in [0, 0.1) is 16.3 Å². The lowest BCUT2D eigenvalue weighted by Crippen LogP contribution is -1.97. The maximum Gasteiger partial charge on any atom is 0.124 e. The SMILES string of the molecule is Cc1sc(Br)cc1C(Cl)c1ccc(F)cc1I. The van der Waals surface area contributed by atoms with E-state index in [4.69, 9.17) is 11.6 Å². The third-order valence-corrected chi connectivity index (χ3v) is 5.41. The van der Waals surface area contributed by atoms with Crippen molar-refractivity contribution in [1.82, 2.24) is 0 Å². The number of alkyl halides is 1. The lowest BCUT2D eigenvalue weighted by Gasteiger charge is -2.11. The Morgan fingerprint density at radius 3 is 2.59 bits per heavy atom. The highest BCUT2D eigenvalue weighted by Crippen LogP contribution is 2.38. The topological polar surface area (TPSA) is 0 Å². The van der Waals surface area contributed by atoms with E-state index in [2.05, 4.69) is 38.5 Å². The third-order valence-electron chi connectivity index (χ3n) is 2.43. The van der Waals surface area contributed by atoms with E-state index in [1.54, 1.807) is 17.4 Å². The zero-order valence-corrected chi connectivity index (χ0v) is 14.1. The van der Waals surface area contributed by atoms with Crippen molar-refractivity contribution in [3.63, 3.8) is 0 Å². The minimum atomic E-state index is -0.231. The first-order valence-corrected chi connectivity index (χ1v) is 7.96. The molecule has 2 rings (SSSR count). The molecule has 1 unspecified atom stereocenters. The molecular formula is C12H8BrClFIS. The number of benzene rings is 1. The molecule has 0 radical (unpaired) electrons. The van der Waals surface area contributed by atoms with Gasteiger partial charge in [-0.05, 0) is 74.8 Å². The van der Waals surface area contributed by atoms with Crippen molar-refractivity contribution < 1.29 is 4.39 Å². The highest BCUT2D eigenvalue weighted by atomic mass is 127. The van der Waals surface area contributed by atoms with Crippen molar-refractivity contribution in [3.05, 3.63) is 53.4 Å². The molecule has 1 aromatic heterocycles. The van der Waals surface area contributed by atoms with Crippen LogP contribution in [0.4, 0.5) is 4.39 Å². The van der Waals surface area contributed by atoms with E-state index in [-0.39, 0.29) is 11.2 Å². The fourth-order valence-corrected chi connectivity index (χ4v) is 4.79. The van der Waals surface area contributed by atoms with Gasteiger partial charge in [-0.15, -0.1) is 22.9 Å². The second-order valence-electron chi connectivity index (χ2n) is 3.59. The molecule has 2 aromatic rings. The molecule has 1 atom stereocenters. The van der Waals surface area contributed by atoms with Gasteiger partial charge in [-0.2, -0.15) is 0 Å². The first kappa shape index (κ1) is 13.8. The molecule has 0 spiro atoms. The van der Waals surface area contributed by atoms with Crippen molar-refractivity contribution in [2.45, 2.75) is 12.3 Å². The molecule has 0 aliphatic carbocycles. The summed E-state index contributed by atoms with van der Waals surface area (Å²) in [4.78, 5) is 1.18. The molecule has 0 aliphatic rings. The van der Waals surface area contributed by atoms with Gasteiger partial charge < -0.3 is 0 Å². The number of halogens is 4. The van der Waals surface area contributed by atoms with Gasteiger partial charge in [-0.3, -0.25) is 0 Å². The summed E-state index contributed by atoms with van der Waals surface area (Å²) in [5.41, 5.74) is 2.02. The van der Waals surface area contributed by atoms with Gasteiger partial charge in [-0.25, -0.2) is 4.39 Å². The summed E-state index contributed by atoms with van der Waals surface area (Å²) in [6, 6.07) is 6.72. The molecule has 0 saturated heterocycles. The van der Waals surface area contributed by atoms with E-state index in [0.717, 1.165) is 18.5 Å². The zero-order chi connectivity index (χ0) is 12.6. The van der Waals surface area contributed by atoms with E-state index in [1.807, 2.05) is 13.0 Å². The van der Waals surface area contributed by atoms with Gasteiger partial charge in [0.25, 0.3) is 0 Å². The molecule has 17 heavy (non-hydrogen) atoms. The molecule has 5 heteroatoms. The van der Waals surface area contributed by atoms with Crippen LogP contribution in [0.25, 0.3) is 0 Å². The lowest BCUT2D eigenvalue weighted by atomic mass is 10.1. The summed E-state index contributed by atoms with van der Waals surface area (Å²) in [5, 5.41) is -0.231. The summed E-state index contributed by atoms with van der Waals surface area (Å²) < 4.78 is 15.0. The van der Waals surface area contributed by atoms with Crippen LogP contribution in [0.3, 0.4) is 0 Å². The summed E-state index contributed by atoms with van der Waals surface area (Å²) in [5.74, 6) is -0.231. The minimum absolute atomic E-state index is 0.231. The monoisotopic (exact) mass is 444 g/mol. The van der Waals surface area contributed by atoms with Gasteiger partial charge in [0, 0.05) is 8.45 Å². The second kappa shape index (κ2) is 5.55. The van der Waals surface area contributed by atoms with Crippen molar-refractivity contribution in [2.24, 2.45) is 0 Å². The number of aryl methyl sites for hydroxylation is 1. The average Bonchev–Trinajstić information content (AvgIpc) is 2.57. The third kappa shape index (κ3) is 3.03. The fraction of sp³-hybridized carbons (Fsp3) is 0.167. The number of rotatable bonds is 2. The predicted octanol–water partition coefficient (Wildman–Crippen LogP) is 5.89. The Labute approximate surface area is 130 Å². The van der Waals surface area contributed by atoms with E-state index in [1.165, 1.54) is 17.0 Å². The Kier molecular flexibility index (Phi) is 4.50. The van der Waals surface area contributed by atoms with E-state index >= 15 is 0 Å². The molecular weight excluding hydrogens is 437 g/mol. The van der Waals surface area contributed by atoms with Crippen LogP contribution in [-0.2, 0) is 0 Å². The van der Waals surface area contributed by atoms with E-state index in [9.17, 15) is 4.39 Å². The summed E-state index contributed by atoms with van der Waals surface area (Å²) in [6.07, 6.45) is 0. The smallest absolute Gasteiger partial charge is 0.124 e. The lowest BCUT2D eigenvalue weighted by molar-refractivity contribution is 0.626. The second-order valence-corrected chi connectivity index (χ2v) is 7.82. The largest absolute Gasteiger partial charge is 0.207 e. The van der Waals surface area contributed by atoms with Crippen LogP contribution in [0.5, 0.6) is 0 Å². The molecule has 0 bridgehead atoms. The molecule has 0 N–H and O–H groups in total. The Bertz CT molecular complexity index is 555. The normalized spacial score (nSPS) is 12.8. The number of hydrogen-bond acceptors (Lipinski definition) is 1. The Morgan fingerprint density at radius 1 is 1.35 bits per heavy atom. The highest BCUT2D eigenvalue weighted by Gasteiger charge is 2.18. The van der Waals surface area contributed by atoms with Crippen molar-refractivity contribution >= 4 is 61.5 Å². The van der Waals surface area contributed by atoms with Crippen molar-refractivity contribution in [1.29, 1.82) is 0 Å². The van der Waals surface area contributed by atoms with Crippen LogP contribution in [-0.4, -0.2) is 0 Å². The average molecular weight is 446 g/mol. The highest BCUT2D eigenvalue weighted by molar-refractivity contribution is 14.1. The van der Waals surface area contributed by atoms with Gasteiger partial charge in [0.1, 0.15) is 5.82 Å². The van der Waals surface area contributed by atoms with Crippen molar-refractivity contribution in [3.8, 4) is 0 Å². The van der Waals surface area contributed by atoms with Gasteiger partial charge >= 0.3 is 0 Å². The molecule has 1 aromatic carbocycles. The molecule has 0 fully saturated rings. The van der Waals surface area contributed by atoms with Crippen LogP contribution in [0.15, 0.2) is 28.1 Å². The Balaban J connectivity index is 2.43. The predicted molar refractivity (Wildman–Crippen MR) is 83.6 cm³/mol. The molecule has 90 valence electrons. The molecule has 0 amide bonds. The van der Waals surface area contributed by atoms with Crippen molar-refractivity contribution in [2.75, 3.05) is 0 Å². The first-order valence-electron chi connectivity index (χ1n) is 4.84. The van der Waals surface area contributed by atoms with Crippen LogP contribution in [0.2, 0.25) is 0 Å². The fourth-order valence-electron chi connectivity index (χ4n) is 1.58. The summed E-state index contributed by atoms with van der Waals surface area (Å²) in [6.45, 7) is 2.04. The molecule has 0 aliphatic heterocycles. The maximum absolute atomic E-state index is 13.0. The summed E-state index contributed by atoms with van der Waals surface area (Å²) >= 11 is 13.7. The quantitative estimate of drug-likeness (QED) is 0.399. The van der Waals surface area contributed by atoms with E-state index < -0.39 is 0 Å². The van der Waals surface area contributed by atoms with Gasteiger partial charge in [-0.1, -0.05) is 6.07 Å². The standard InChI is InChI=1S/C12H8BrClFIS/c1-6-9(5-11(13)17-6)12(14)8-3-2-7(15)4-10(8)16/h2-5,12H,1H3. The number of thiophene rings is 1. The zero-order valence-electron chi connectivity index (χ0n) is 8.81. The Morgan fingerprint density at radius 2 is 2.06 bits per heavy atom. The molecule has 0 saturated carbocycles. The van der Waals surface area contributed by atoms with Gasteiger partial charge in [0.05, 0.1) is 9.16 Å². The molecule has 0 nitrogen and oxygen atoms in total. The van der Waals surface area contributed by atoms with Crippen LogP contribution in [0.1, 0.15) is 21.4 Å². The van der Waals surface area contributed by atoms with Crippen LogP contribution >= 0.6 is 61.5 Å². The first-order chi connectivity index (χ1) is 7.99. The van der Waals surface area contributed by atoms with Gasteiger partial charge in [0.2, 0.25) is 0 Å². The Hall–Kier alpha value is 0.350. The number of hydrogen-bond donors (Lipinski definition) is 0. The maximum atomic E-state index is 13.0. The summed E-state index contributed by atoms with van der Waals surface area (Å²) in [7, 11) is 0. The minimum Gasteiger partial charge on any atom is -0.207 e. The van der Waals surface area contributed by atoms with Gasteiger partial charge in [0.15, 0.2) is 0 Å². The molecule has 1 heterocycles.